The van der Waals surface area contributed by atoms with E-state index >= 15 is 0 Å². The molecule has 2 aromatic heterocycles. The second-order valence-electron chi connectivity index (χ2n) is 7.04. The molecular weight excluding hydrogens is 334 g/mol. The Balaban J connectivity index is 1.47. The van der Waals surface area contributed by atoms with Gasteiger partial charge in [0.15, 0.2) is 11.6 Å². The highest BCUT2D eigenvalue weighted by Gasteiger charge is 2.30. The topological polar surface area (TPSA) is 90.1 Å². The summed E-state index contributed by atoms with van der Waals surface area (Å²) in [6, 6.07) is -0.273. The van der Waals surface area contributed by atoms with Gasteiger partial charge >= 0.3 is 6.03 Å². The Bertz CT molecular complexity index is 812. The summed E-state index contributed by atoms with van der Waals surface area (Å²) in [6.07, 6.45) is 4.92. The lowest BCUT2D eigenvalue weighted by molar-refractivity contribution is 0.0801. The van der Waals surface area contributed by atoms with E-state index in [-0.39, 0.29) is 18.1 Å². The molecule has 0 saturated heterocycles. The first-order chi connectivity index (χ1) is 12.6. The van der Waals surface area contributed by atoms with Crippen molar-refractivity contribution in [3.8, 4) is 0 Å². The van der Waals surface area contributed by atoms with Crippen molar-refractivity contribution in [3.63, 3.8) is 0 Å². The molecule has 1 N–H and O–H groups in total. The number of hydrogen-bond acceptors (Lipinski definition) is 5. The quantitative estimate of drug-likeness (QED) is 0.893. The molecule has 0 aromatic carbocycles. The highest BCUT2D eigenvalue weighted by Crippen LogP contribution is 2.33. The summed E-state index contributed by atoms with van der Waals surface area (Å²) in [5.74, 6) is 1.59. The van der Waals surface area contributed by atoms with Crippen LogP contribution < -0.4 is 5.32 Å². The lowest BCUT2D eigenvalue weighted by atomic mass is 9.92. The van der Waals surface area contributed by atoms with Gasteiger partial charge in [0, 0.05) is 31.9 Å². The first kappa shape index (κ1) is 17.0. The molecule has 3 heterocycles. The Labute approximate surface area is 152 Å². The molecular formula is C17H25N7O2. The smallest absolute Gasteiger partial charge is 0.318 e. The summed E-state index contributed by atoms with van der Waals surface area (Å²) in [5.41, 5.74) is 2.38. The van der Waals surface area contributed by atoms with Gasteiger partial charge in [0.1, 0.15) is 6.61 Å². The van der Waals surface area contributed by atoms with Gasteiger partial charge < -0.3 is 19.5 Å². The maximum Gasteiger partial charge on any atom is 0.318 e. The first-order valence-corrected chi connectivity index (χ1v) is 9.10. The van der Waals surface area contributed by atoms with Crippen LogP contribution in [0.3, 0.4) is 0 Å². The SMILES string of the molecule is C[C@H](NC(=O)N(C)C1CCCc2c1cnn2C)c1nnc2n1CCOC2. The van der Waals surface area contributed by atoms with E-state index in [1.807, 2.05) is 36.5 Å². The Morgan fingerprint density at radius 1 is 1.46 bits per heavy atom. The number of carbonyl (C=O) groups is 1. The van der Waals surface area contributed by atoms with Crippen LogP contribution in [0.4, 0.5) is 4.79 Å². The number of aryl methyl sites for hydroxylation is 1. The number of ether oxygens (including phenoxy) is 1. The summed E-state index contributed by atoms with van der Waals surface area (Å²) in [6.45, 7) is 3.77. The number of aromatic nitrogens is 5. The molecule has 0 bridgehead atoms. The van der Waals surface area contributed by atoms with Crippen molar-refractivity contribution >= 4 is 6.03 Å². The van der Waals surface area contributed by atoms with Crippen LogP contribution in [0, 0.1) is 0 Å². The van der Waals surface area contributed by atoms with Crippen molar-refractivity contribution in [1.82, 2.24) is 34.8 Å². The molecule has 0 saturated carbocycles. The number of urea groups is 1. The number of rotatable bonds is 3. The predicted molar refractivity (Wildman–Crippen MR) is 93.3 cm³/mol. The van der Waals surface area contributed by atoms with Crippen molar-refractivity contribution in [2.45, 2.75) is 51.4 Å². The van der Waals surface area contributed by atoms with Gasteiger partial charge in [0.25, 0.3) is 0 Å². The van der Waals surface area contributed by atoms with Crippen LogP contribution >= 0.6 is 0 Å². The summed E-state index contributed by atoms with van der Waals surface area (Å²) in [4.78, 5) is 14.6. The number of hydrogen-bond donors (Lipinski definition) is 1. The molecule has 2 aromatic rings. The number of nitrogens with one attached hydrogen (secondary N) is 1. The zero-order valence-electron chi connectivity index (χ0n) is 15.5. The van der Waals surface area contributed by atoms with Gasteiger partial charge in [0.2, 0.25) is 0 Å². The molecule has 0 radical (unpaired) electrons. The molecule has 0 spiro atoms. The van der Waals surface area contributed by atoms with Gasteiger partial charge in [-0.25, -0.2) is 4.79 Å². The minimum atomic E-state index is -0.221. The third-order valence-corrected chi connectivity index (χ3v) is 5.41. The molecule has 1 aliphatic heterocycles. The summed E-state index contributed by atoms with van der Waals surface area (Å²) in [5, 5.41) is 15.8. The Kier molecular flexibility index (Phi) is 4.39. The minimum Gasteiger partial charge on any atom is -0.372 e. The summed E-state index contributed by atoms with van der Waals surface area (Å²) < 4.78 is 9.35. The van der Waals surface area contributed by atoms with E-state index in [4.69, 9.17) is 4.74 Å². The third kappa shape index (κ3) is 2.86. The maximum absolute atomic E-state index is 12.8. The number of nitrogens with zero attached hydrogens (tertiary/aromatic N) is 6. The van der Waals surface area contributed by atoms with E-state index in [1.165, 1.54) is 5.69 Å². The Morgan fingerprint density at radius 3 is 3.15 bits per heavy atom. The highest BCUT2D eigenvalue weighted by molar-refractivity contribution is 5.75. The monoisotopic (exact) mass is 359 g/mol. The summed E-state index contributed by atoms with van der Waals surface area (Å²) in [7, 11) is 3.81. The van der Waals surface area contributed by atoms with Crippen LogP contribution in [-0.4, -0.2) is 49.1 Å². The highest BCUT2D eigenvalue weighted by atomic mass is 16.5. The third-order valence-electron chi connectivity index (χ3n) is 5.41. The fraction of sp³-hybridized carbons (Fsp3) is 0.647. The number of amides is 2. The maximum atomic E-state index is 12.8. The molecule has 0 fully saturated rings. The van der Waals surface area contributed by atoms with Gasteiger partial charge in [-0.05, 0) is 26.2 Å². The predicted octanol–water partition coefficient (Wildman–Crippen LogP) is 1.32. The first-order valence-electron chi connectivity index (χ1n) is 9.10. The largest absolute Gasteiger partial charge is 0.372 e. The second kappa shape index (κ2) is 6.71. The second-order valence-corrected chi connectivity index (χ2v) is 7.04. The fourth-order valence-electron chi connectivity index (χ4n) is 3.92. The lowest BCUT2D eigenvalue weighted by Crippen LogP contribution is -2.42. The van der Waals surface area contributed by atoms with E-state index in [9.17, 15) is 4.79 Å². The number of carbonyl (C=O) groups excluding carboxylic acids is 1. The van der Waals surface area contributed by atoms with Crippen LogP contribution in [0.5, 0.6) is 0 Å². The average molecular weight is 359 g/mol. The van der Waals surface area contributed by atoms with Gasteiger partial charge in [-0.1, -0.05) is 0 Å². The van der Waals surface area contributed by atoms with E-state index in [0.29, 0.717) is 13.2 Å². The van der Waals surface area contributed by atoms with Crippen molar-refractivity contribution in [2.75, 3.05) is 13.7 Å². The Morgan fingerprint density at radius 2 is 2.31 bits per heavy atom. The van der Waals surface area contributed by atoms with Crippen LogP contribution in [0.15, 0.2) is 6.20 Å². The standard InChI is InChI=1S/C17H25N7O2/c1-11(16-21-20-15-10-26-8-7-24(15)16)19-17(25)22(2)13-5-4-6-14-12(13)9-18-23(14)3/h9,11,13H,4-8,10H2,1-3H3,(H,19,25)/t11-,13?/m0/s1. The fourth-order valence-corrected chi connectivity index (χ4v) is 3.92. The molecule has 1 unspecified atom stereocenters. The van der Waals surface area contributed by atoms with E-state index in [2.05, 4.69) is 20.6 Å². The van der Waals surface area contributed by atoms with Crippen molar-refractivity contribution in [3.05, 3.63) is 29.1 Å². The van der Waals surface area contributed by atoms with Crippen molar-refractivity contribution in [1.29, 1.82) is 0 Å². The van der Waals surface area contributed by atoms with E-state index in [1.54, 1.807) is 4.90 Å². The zero-order valence-corrected chi connectivity index (χ0v) is 15.5. The van der Waals surface area contributed by atoms with Crippen LogP contribution in [-0.2, 0) is 31.4 Å². The summed E-state index contributed by atoms with van der Waals surface area (Å²) >= 11 is 0. The van der Waals surface area contributed by atoms with Gasteiger partial charge in [-0.2, -0.15) is 5.10 Å². The van der Waals surface area contributed by atoms with Crippen molar-refractivity contribution < 1.29 is 9.53 Å². The minimum absolute atomic E-state index is 0.0559. The molecule has 9 nitrogen and oxygen atoms in total. The molecule has 9 heteroatoms. The number of fused-ring (bicyclic) bond motifs is 2. The van der Waals surface area contributed by atoms with Gasteiger partial charge in [-0.3, -0.25) is 4.68 Å². The van der Waals surface area contributed by atoms with Gasteiger partial charge in [0.05, 0.1) is 24.9 Å². The lowest BCUT2D eigenvalue weighted by Gasteiger charge is -2.32. The van der Waals surface area contributed by atoms with Crippen molar-refractivity contribution in [2.24, 2.45) is 7.05 Å². The van der Waals surface area contributed by atoms with E-state index < -0.39 is 0 Å². The normalized spacial score (nSPS) is 20.2. The van der Waals surface area contributed by atoms with E-state index in [0.717, 1.165) is 43.0 Å². The molecule has 2 aliphatic rings. The zero-order chi connectivity index (χ0) is 18.3. The average Bonchev–Trinajstić information content (AvgIpc) is 3.25. The van der Waals surface area contributed by atoms with Gasteiger partial charge in [-0.15, -0.1) is 10.2 Å². The van der Waals surface area contributed by atoms with Crippen LogP contribution in [0.2, 0.25) is 0 Å². The molecule has 4 rings (SSSR count). The van der Waals surface area contributed by atoms with Crippen LogP contribution in [0.25, 0.3) is 0 Å². The molecule has 140 valence electrons. The van der Waals surface area contributed by atoms with Crippen LogP contribution in [0.1, 0.15) is 54.8 Å². The molecule has 1 aliphatic carbocycles. The molecule has 2 atom stereocenters. The molecule has 26 heavy (non-hydrogen) atoms. The Hall–Kier alpha value is -2.42. The molecule has 2 amide bonds.